The van der Waals surface area contributed by atoms with Gasteiger partial charge in [0.15, 0.2) is 0 Å². The van der Waals surface area contributed by atoms with Crippen LogP contribution in [0, 0.1) is 5.82 Å². The topological polar surface area (TPSA) is 76.5 Å². The zero-order chi connectivity index (χ0) is 19.3. The number of benzene rings is 1. The third kappa shape index (κ3) is 3.85. The van der Waals surface area contributed by atoms with E-state index in [1.807, 2.05) is 0 Å². The fraction of sp³-hybridized carbons (Fsp3) is 0.421. The van der Waals surface area contributed by atoms with Crippen molar-refractivity contribution in [3.8, 4) is 0 Å². The molecule has 1 saturated heterocycles. The van der Waals surface area contributed by atoms with Crippen molar-refractivity contribution in [2.75, 3.05) is 33.4 Å². The SMILES string of the molecule is COCCNC(=O)C1(n2cccn2)CCN(C(=O)c2ccccc2F)CC1. The Balaban J connectivity index is 1.75. The molecule has 2 aromatic rings. The highest BCUT2D eigenvalue weighted by Gasteiger charge is 2.44. The lowest BCUT2D eigenvalue weighted by atomic mass is 9.86. The first-order valence-electron chi connectivity index (χ1n) is 8.89. The molecule has 1 aromatic carbocycles. The molecule has 2 amide bonds. The fourth-order valence-electron chi connectivity index (χ4n) is 3.40. The van der Waals surface area contributed by atoms with E-state index in [4.69, 9.17) is 4.74 Å². The highest BCUT2D eigenvalue weighted by atomic mass is 19.1. The molecule has 8 heteroatoms. The summed E-state index contributed by atoms with van der Waals surface area (Å²) in [6.45, 7) is 1.49. The molecule has 0 aliphatic carbocycles. The molecule has 0 saturated carbocycles. The van der Waals surface area contributed by atoms with Crippen molar-refractivity contribution >= 4 is 11.8 Å². The first-order valence-corrected chi connectivity index (χ1v) is 8.89. The van der Waals surface area contributed by atoms with Crippen LogP contribution in [0.3, 0.4) is 0 Å². The minimum absolute atomic E-state index is 0.0497. The smallest absolute Gasteiger partial charge is 0.256 e. The van der Waals surface area contributed by atoms with Crippen LogP contribution in [0.2, 0.25) is 0 Å². The Morgan fingerprint density at radius 2 is 2.00 bits per heavy atom. The molecular formula is C19H23FN4O3. The largest absolute Gasteiger partial charge is 0.383 e. The van der Waals surface area contributed by atoms with Gasteiger partial charge in [-0.1, -0.05) is 12.1 Å². The summed E-state index contributed by atoms with van der Waals surface area (Å²) in [5.41, 5.74) is -0.822. The van der Waals surface area contributed by atoms with E-state index in [0.717, 1.165) is 0 Å². The highest BCUT2D eigenvalue weighted by Crippen LogP contribution is 2.31. The van der Waals surface area contributed by atoms with Gasteiger partial charge in [-0.05, 0) is 31.0 Å². The van der Waals surface area contributed by atoms with E-state index >= 15 is 0 Å². The number of nitrogens with one attached hydrogen (secondary N) is 1. The predicted molar refractivity (Wildman–Crippen MR) is 96.6 cm³/mol. The molecule has 1 fully saturated rings. The Hall–Kier alpha value is -2.74. The van der Waals surface area contributed by atoms with Crippen LogP contribution < -0.4 is 5.32 Å². The zero-order valence-electron chi connectivity index (χ0n) is 15.2. The van der Waals surface area contributed by atoms with Gasteiger partial charge in [-0.3, -0.25) is 14.3 Å². The van der Waals surface area contributed by atoms with Gasteiger partial charge < -0.3 is 15.0 Å². The monoisotopic (exact) mass is 374 g/mol. The summed E-state index contributed by atoms with van der Waals surface area (Å²) in [5, 5.41) is 7.14. The number of methoxy groups -OCH3 is 1. The molecule has 1 aliphatic heterocycles. The molecule has 0 unspecified atom stereocenters. The summed E-state index contributed by atoms with van der Waals surface area (Å²) in [4.78, 5) is 27.1. The van der Waals surface area contributed by atoms with E-state index in [2.05, 4.69) is 10.4 Å². The molecule has 27 heavy (non-hydrogen) atoms. The number of piperidine rings is 1. The highest BCUT2D eigenvalue weighted by molar-refractivity contribution is 5.95. The van der Waals surface area contributed by atoms with Crippen molar-refractivity contribution in [1.29, 1.82) is 0 Å². The number of amides is 2. The molecular weight excluding hydrogens is 351 g/mol. The Labute approximate surface area is 157 Å². The number of nitrogens with zero attached hydrogens (tertiary/aromatic N) is 3. The summed E-state index contributed by atoms with van der Waals surface area (Å²) >= 11 is 0. The van der Waals surface area contributed by atoms with Gasteiger partial charge >= 0.3 is 0 Å². The number of hydrogen-bond acceptors (Lipinski definition) is 4. The van der Waals surface area contributed by atoms with Crippen LogP contribution in [0.4, 0.5) is 4.39 Å². The van der Waals surface area contributed by atoms with E-state index in [1.54, 1.807) is 47.3 Å². The number of carbonyl (C=O) groups excluding carboxylic acids is 2. The summed E-state index contributed by atoms with van der Waals surface area (Å²) in [6.07, 6.45) is 4.17. The maximum Gasteiger partial charge on any atom is 0.256 e. The summed E-state index contributed by atoms with van der Waals surface area (Å²) in [5.74, 6) is -1.05. The molecule has 0 spiro atoms. The molecule has 1 aromatic heterocycles. The van der Waals surface area contributed by atoms with Crippen LogP contribution in [0.25, 0.3) is 0 Å². The number of hydrogen-bond donors (Lipinski definition) is 1. The average molecular weight is 374 g/mol. The van der Waals surface area contributed by atoms with E-state index in [9.17, 15) is 14.0 Å². The van der Waals surface area contributed by atoms with E-state index in [1.165, 1.54) is 12.1 Å². The molecule has 0 atom stereocenters. The van der Waals surface area contributed by atoms with Crippen LogP contribution in [-0.2, 0) is 15.1 Å². The lowest BCUT2D eigenvalue weighted by Crippen LogP contribution is -2.56. The third-order valence-corrected chi connectivity index (χ3v) is 4.94. The maximum atomic E-state index is 13.9. The molecule has 7 nitrogen and oxygen atoms in total. The zero-order valence-corrected chi connectivity index (χ0v) is 15.2. The van der Waals surface area contributed by atoms with Gasteiger partial charge in [0.2, 0.25) is 5.91 Å². The van der Waals surface area contributed by atoms with Crippen molar-refractivity contribution < 1.29 is 18.7 Å². The van der Waals surface area contributed by atoms with Crippen LogP contribution >= 0.6 is 0 Å². The van der Waals surface area contributed by atoms with Crippen molar-refractivity contribution in [2.45, 2.75) is 18.4 Å². The van der Waals surface area contributed by atoms with Gasteiger partial charge in [0, 0.05) is 39.1 Å². The standard InChI is InChI=1S/C19H23FN4O3/c1-27-14-10-21-18(26)19(24-11-4-9-22-24)7-12-23(13-8-19)17(25)15-5-2-3-6-16(15)20/h2-6,9,11H,7-8,10,12-14H2,1H3,(H,21,26). The second-order valence-corrected chi connectivity index (χ2v) is 6.50. The second-order valence-electron chi connectivity index (χ2n) is 6.50. The lowest BCUT2D eigenvalue weighted by Gasteiger charge is -2.40. The van der Waals surface area contributed by atoms with Gasteiger partial charge in [0.05, 0.1) is 12.2 Å². The minimum atomic E-state index is -0.872. The molecule has 0 radical (unpaired) electrons. The normalized spacial score (nSPS) is 16.1. The van der Waals surface area contributed by atoms with E-state index in [-0.39, 0.29) is 17.4 Å². The van der Waals surface area contributed by atoms with Crippen molar-refractivity contribution in [3.63, 3.8) is 0 Å². The van der Waals surface area contributed by atoms with E-state index < -0.39 is 11.4 Å². The van der Waals surface area contributed by atoms with Gasteiger partial charge in [0.25, 0.3) is 5.91 Å². The fourth-order valence-corrected chi connectivity index (χ4v) is 3.40. The average Bonchev–Trinajstić information content (AvgIpc) is 3.23. The van der Waals surface area contributed by atoms with Crippen LogP contribution in [0.5, 0.6) is 0 Å². The first-order chi connectivity index (χ1) is 13.1. The molecule has 144 valence electrons. The predicted octanol–water partition coefficient (Wildman–Crippen LogP) is 1.42. The van der Waals surface area contributed by atoms with Crippen molar-refractivity contribution in [2.24, 2.45) is 0 Å². The summed E-state index contributed by atoms with van der Waals surface area (Å²) < 4.78 is 20.6. The quantitative estimate of drug-likeness (QED) is 0.776. The number of rotatable bonds is 6. The molecule has 0 bridgehead atoms. The Morgan fingerprint density at radius 1 is 1.26 bits per heavy atom. The minimum Gasteiger partial charge on any atom is -0.383 e. The van der Waals surface area contributed by atoms with Gasteiger partial charge in [0.1, 0.15) is 11.4 Å². The lowest BCUT2D eigenvalue weighted by molar-refractivity contribution is -0.133. The van der Waals surface area contributed by atoms with Crippen LogP contribution in [0.1, 0.15) is 23.2 Å². The van der Waals surface area contributed by atoms with Gasteiger partial charge in [-0.25, -0.2) is 4.39 Å². The molecule has 1 N–H and O–H groups in total. The molecule has 2 heterocycles. The summed E-state index contributed by atoms with van der Waals surface area (Å²) in [6, 6.07) is 7.70. The Kier molecular flexibility index (Phi) is 5.85. The number of ether oxygens (including phenoxy) is 1. The number of likely N-dealkylation sites (tertiary alicyclic amines) is 1. The summed E-state index contributed by atoms with van der Waals surface area (Å²) in [7, 11) is 1.57. The first kappa shape index (κ1) is 19.0. The van der Waals surface area contributed by atoms with Crippen molar-refractivity contribution in [3.05, 3.63) is 54.1 Å². The number of aromatic nitrogens is 2. The number of halogens is 1. The molecule has 1 aliphatic rings. The maximum absolute atomic E-state index is 13.9. The van der Waals surface area contributed by atoms with E-state index in [0.29, 0.717) is 39.1 Å². The van der Waals surface area contributed by atoms with Gasteiger partial charge in [-0.15, -0.1) is 0 Å². The molecule has 3 rings (SSSR count). The Morgan fingerprint density at radius 3 is 2.63 bits per heavy atom. The van der Waals surface area contributed by atoms with Gasteiger partial charge in [-0.2, -0.15) is 5.10 Å². The second kappa shape index (κ2) is 8.30. The third-order valence-electron chi connectivity index (χ3n) is 4.94. The Bertz CT molecular complexity index is 786. The van der Waals surface area contributed by atoms with Crippen LogP contribution in [-0.4, -0.2) is 59.8 Å². The van der Waals surface area contributed by atoms with Crippen LogP contribution in [0.15, 0.2) is 42.7 Å². The number of carbonyl (C=O) groups is 2. The van der Waals surface area contributed by atoms with Crippen molar-refractivity contribution in [1.82, 2.24) is 20.0 Å².